The van der Waals surface area contributed by atoms with Crippen molar-refractivity contribution in [3.05, 3.63) is 127 Å². The van der Waals surface area contributed by atoms with Crippen LogP contribution in [0.1, 0.15) is 0 Å². The molecule has 0 aliphatic rings. The maximum atomic E-state index is 6.75. The van der Waals surface area contributed by atoms with Gasteiger partial charge in [-0.3, -0.25) is 4.57 Å². The number of rotatable bonds is 2. The van der Waals surface area contributed by atoms with Crippen molar-refractivity contribution in [2.45, 2.75) is 0 Å². The summed E-state index contributed by atoms with van der Waals surface area (Å²) in [7, 11) is 0. The van der Waals surface area contributed by atoms with Crippen LogP contribution in [0.15, 0.2) is 132 Å². The van der Waals surface area contributed by atoms with E-state index in [0.717, 1.165) is 71.3 Å². The van der Waals surface area contributed by atoms with Gasteiger partial charge in [0.15, 0.2) is 0 Å². The number of para-hydroxylation sites is 2. The van der Waals surface area contributed by atoms with Gasteiger partial charge in [-0.05, 0) is 35.7 Å². The maximum absolute atomic E-state index is 6.75. The molecule has 0 bridgehead atoms. The smallest absolute Gasteiger partial charge is 0.235 e. The van der Waals surface area contributed by atoms with Crippen LogP contribution in [0.2, 0.25) is 0 Å². The van der Waals surface area contributed by atoms with Crippen molar-refractivity contribution >= 4 is 65.4 Å². The molecule has 3 heterocycles. The highest BCUT2D eigenvalue weighted by atomic mass is 16.3. The Bertz CT molecular complexity index is 2430. The largest absolute Gasteiger partial charge is 0.455 e. The van der Waals surface area contributed by atoms with E-state index in [0.29, 0.717) is 5.95 Å². The molecular formula is C36H21N3O. The SMILES string of the molecule is c1ccc(-c2nc(-n3c4ccccc4c4c5oc6c7ccccc7ccc6c5ccc43)nc3ccccc23)cc1. The molecule has 0 aliphatic carbocycles. The normalized spacial score (nSPS) is 12.0. The molecule has 0 amide bonds. The molecule has 0 aliphatic heterocycles. The second-order valence-electron chi connectivity index (χ2n) is 10.2. The lowest BCUT2D eigenvalue weighted by Gasteiger charge is -2.11. The van der Waals surface area contributed by atoms with E-state index in [1.165, 1.54) is 5.39 Å². The Morgan fingerprint density at radius 2 is 1.18 bits per heavy atom. The van der Waals surface area contributed by atoms with Gasteiger partial charge in [-0.15, -0.1) is 0 Å². The fourth-order valence-corrected chi connectivity index (χ4v) is 6.21. The summed E-state index contributed by atoms with van der Waals surface area (Å²) in [6, 6.07) is 44.1. The molecule has 6 aromatic carbocycles. The van der Waals surface area contributed by atoms with E-state index in [4.69, 9.17) is 14.4 Å². The van der Waals surface area contributed by atoms with E-state index in [2.05, 4.69) is 102 Å². The Morgan fingerprint density at radius 1 is 0.475 bits per heavy atom. The van der Waals surface area contributed by atoms with Crippen molar-refractivity contribution in [2.24, 2.45) is 0 Å². The van der Waals surface area contributed by atoms with Gasteiger partial charge < -0.3 is 4.42 Å². The molecule has 4 nitrogen and oxygen atoms in total. The Hall–Kier alpha value is -5.48. The summed E-state index contributed by atoms with van der Waals surface area (Å²) in [5.74, 6) is 0.643. The predicted molar refractivity (Wildman–Crippen MR) is 164 cm³/mol. The molecule has 0 fully saturated rings. The molecule has 0 unspecified atom stereocenters. The van der Waals surface area contributed by atoms with Crippen molar-refractivity contribution in [3.63, 3.8) is 0 Å². The second-order valence-corrected chi connectivity index (χ2v) is 10.2. The van der Waals surface area contributed by atoms with E-state index in [-0.39, 0.29) is 0 Å². The molecule has 186 valence electrons. The van der Waals surface area contributed by atoms with Crippen LogP contribution in [-0.2, 0) is 0 Å². The minimum Gasteiger partial charge on any atom is -0.455 e. The zero-order valence-corrected chi connectivity index (χ0v) is 21.4. The molecule has 4 heteroatoms. The Labute approximate surface area is 228 Å². The minimum atomic E-state index is 0.643. The van der Waals surface area contributed by atoms with Gasteiger partial charge in [0.1, 0.15) is 11.2 Å². The molecule has 0 saturated carbocycles. The van der Waals surface area contributed by atoms with Crippen molar-refractivity contribution in [3.8, 4) is 17.2 Å². The average Bonchev–Trinajstić information content (AvgIpc) is 3.57. The number of hydrogen-bond acceptors (Lipinski definition) is 3. The van der Waals surface area contributed by atoms with Crippen LogP contribution in [0, 0.1) is 0 Å². The monoisotopic (exact) mass is 511 g/mol. The summed E-state index contributed by atoms with van der Waals surface area (Å²) in [4.78, 5) is 10.3. The third kappa shape index (κ3) is 2.90. The topological polar surface area (TPSA) is 43.9 Å². The molecule has 0 radical (unpaired) electrons. The third-order valence-electron chi connectivity index (χ3n) is 8.00. The van der Waals surface area contributed by atoms with Gasteiger partial charge in [0.05, 0.1) is 27.6 Å². The zero-order valence-electron chi connectivity index (χ0n) is 21.4. The first-order chi connectivity index (χ1) is 19.8. The highest BCUT2D eigenvalue weighted by Crippen LogP contribution is 2.42. The fraction of sp³-hybridized carbons (Fsp3) is 0. The Morgan fingerprint density at radius 3 is 2.08 bits per heavy atom. The average molecular weight is 512 g/mol. The van der Waals surface area contributed by atoms with E-state index in [1.807, 2.05) is 30.3 Å². The summed E-state index contributed by atoms with van der Waals surface area (Å²) in [5, 5.41) is 7.76. The quantitative estimate of drug-likeness (QED) is 0.232. The van der Waals surface area contributed by atoms with Gasteiger partial charge in [0.2, 0.25) is 5.95 Å². The van der Waals surface area contributed by atoms with Gasteiger partial charge in [-0.25, -0.2) is 9.97 Å². The van der Waals surface area contributed by atoms with Crippen LogP contribution in [0.3, 0.4) is 0 Å². The van der Waals surface area contributed by atoms with Gasteiger partial charge in [-0.1, -0.05) is 97.1 Å². The highest BCUT2D eigenvalue weighted by molar-refractivity contribution is 6.26. The van der Waals surface area contributed by atoms with Crippen LogP contribution in [0.25, 0.3) is 82.6 Å². The Balaban J connectivity index is 1.42. The van der Waals surface area contributed by atoms with E-state index in [1.54, 1.807) is 0 Å². The molecule has 0 atom stereocenters. The summed E-state index contributed by atoms with van der Waals surface area (Å²) in [6.07, 6.45) is 0. The van der Waals surface area contributed by atoms with Crippen LogP contribution in [0.4, 0.5) is 0 Å². The third-order valence-corrected chi connectivity index (χ3v) is 8.00. The molecule has 3 aromatic heterocycles. The van der Waals surface area contributed by atoms with E-state index >= 15 is 0 Å². The molecule has 9 rings (SSSR count). The van der Waals surface area contributed by atoms with Crippen molar-refractivity contribution in [2.75, 3.05) is 0 Å². The second kappa shape index (κ2) is 8.01. The maximum Gasteiger partial charge on any atom is 0.235 e. The summed E-state index contributed by atoms with van der Waals surface area (Å²) in [5.41, 5.74) is 6.77. The molecule has 40 heavy (non-hydrogen) atoms. The standard InChI is InChI=1S/C36H21N3O/c1-2-11-23(12-3-1)33-27-14-6-8-16-29(27)37-36(38-33)39-30-17-9-7-15-28(30)32-31(39)21-20-26-25-19-18-22-10-4-5-13-24(22)34(25)40-35(26)32/h1-21H. The molecule has 0 saturated heterocycles. The number of aromatic nitrogens is 3. The van der Waals surface area contributed by atoms with E-state index < -0.39 is 0 Å². The lowest BCUT2D eigenvalue weighted by molar-refractivity contribution is 0.676. The number of benzene rings is 6. The van der Waals surface area contributed by atoms with Crippen molar-refractivity contribution < 1.29 is 4.42 Å². The molecule has 9 aromatic rings. The highest BCUT2D eigenvalue weighted by Gasteiger charge is 2.21. The summed E-state index contributed by atoms with van der Waals surface area (Å²) >= 11 is 0. The van der Waals surface area contributed by atoms with E-state index in [9.17, 15) is 0 Å². The number of furan rings is 1. The van der Waals surface area contributed by atoms with Crippen molar-refractivity contribution in [1.29, 1.82) is 0 Å². The van der Waals surface area contributed by atoms with Crippen LogP contribution in [-0.4, -0.2) is 14.5 Å². The molecule has 0 spiro atoms. The van der Waals surface area contributed by atoms with Gasteiger partial charge in [-0.2, -0.15) is 0 Å². The van der Waals surface area contributed by atoms with Gasteiger partial charge >= 0.3 is 0 Å². The lowest BCUT2D eigenvalue weighted by atomic mass is 10.0. The fourth-order valence-electron chi connectivity index (χ4n) is 6.21. The predicted octanol–water partition coefficient (Wildman–Crippen LogP) is 9.45. The minimum absolute atomic E-state index is 0.643. The van der Waals surface area contributed by atoms with Crippen LogP contribution in [0.5, 0.6) is 0 Å². The number of fused-ring (bicyclic) bond motifs is 10. The number of hydrogen-bond donors (Lipinski definition) is 0. The number of nitrogens with zero attached hydrogens (tertiary/aromatic N) is 3. The Kier molecular flexibility index (Phi) is 4.30. The molecular weight excluding hydrogens is 490 g/mol. The zero-order chi connectivity index (χ0) is 26.2. The van der Waals surface area contributed by atoms with Gasteiger partial charge in [0, 0.05) is 32.5 Å². The van der Waals surface area contributed by atoms with Crippen molar-refractivity contribution in [1.82, 2.24) is 14.5 Å². The summed E-state index contributed by atoms with van der Waals surface area (Å²) in [6.45, 7) is 0. The van der Waals surface area contributed by atoms with Crippen LogP contribution >= 0.6 is 0 Å². The first-order valence-electron chi connectivity index (χ1n) is 13.4. The lowest BCUT2D eigenvalue weighted by Crippen LogP contribution is -2.03. The first-order valence-corrected chi connectivity index (χ1v) is 13.4. The van der Waals surface area contributed by atoms with Crippen LogP contribution < -0.4 is 0 Å². The summed E-state index contributed by atoms with van der Waals surface area (Å²) < 4.78 is 8.92. The first kappa shape index (κ1) is 21.5. The van der Waals surface area contributed by atoms with Gasteiger partial charge in [0.25, 0.3) is 0 Å². The molecule has 0 N–H and O–H groups in total.